The van der Waals surface area contributed by atoms with Gasteiger partial charge < -0.3 is 24.3 Å². The van der Waals surface area contributed by atoms with Crippen molar-refractivity contribution in [3.8, 4) is 17.2 Å². The Hall–Kier alpha value is -3.22. The number of aryl methyl sites for hydroxylation is 2. The van der Waals surface area contributed by atoms with E-state index in [-0.39, 0.29) is 17.1 Å². The number of hydrogen-bond donors (Lipinski definition) is 1. The van der Waals surface area contributed by atoms with Crippen molar-refractivity contribution < 1.29 is 28.5 Å². The molecule has 0 atom stereocenters. The SMILES string of the molecule is CCc1cccc(C)c1NC(=O)COC(=O)c1ccc(OC)c(OC)c1OC. The first-order valence-electron chi connectivity index (χ1n) is 8.81. The third-order valence-corrected chi connectivity index (χ3v) is 4.26. The third-order valence-electron chi connectivity index (χ3n) is 4.26. The Morgan fingerprint density at radius 3 is 2.29 bits per heavy atom. The summed E-state index contributed by atoms with van der Waals surface area (Å²) in [5.74, 6) is -0.249. The van der Waals surface area contributed by atoms with Crippen LogP contribution in [0.5, 0.6) is 17.2 Å². The standard InChI is InChI=1S/C21H25NO6/c1-6-14-9-7-8-13(2)18(14)22-17(23)12-28-21(24)15-10-11-16(25-3)20(27-5)19(15)26-4/h7-11H,6,12H2,1-5H3,(H,22,23). The number of amides is 1. The van der Waals surface area contributed by atoms with E-state index in [0.29, 0.717) is 5.75 Å². The maximum absolute atomic E-state index is 12.5. The average Bonchev–Trinajstić information content (AvgIpc) is 2.71. The molecule has 0 aliphatic carbocycles. The van der Waals surface area contributed by atoms with Gasteiger partial charge in [0.25, 0.3) is 5.91 Å². The predicted molar refractivity (Wildman–Crippen MR) is 106 cm³/mol. The van der Waals surface area contributed by atoms with Gasteiger partial charge in [0.1, 0.15) is 5.56 Å². The van der Waals surface area contributed by atoms with Crippen LogP contribution in [0, 0.1) is 6.92 Å². The van der Waals surface area contributed by atoms with Crippen LogP contribution in [-0.4, -0.2) is 39.8 Å². The summed E-state index contributed by atoms with van der Waals surface area (Å²) in [6.07, 6.45) is 0.778. The van der Waals surface area contributed by atoms with E-state index in [1.807, 2.05) is 32.0 Å². The summed E-state index contributed by atoms with van der Waals surface area (Å²) in [7, 11) is 4.33. The van der Waals surface area contributed by atoms with Crippen molar-refractivity contribution in [1.29, 1.82) is 0 Å². The molecular formula is C21H25NO6. The van der Waals surface area contributed by atoms with Gasteiger partial charge in [-0.05, 0) is 36.6 Å². The zero-order chi connectivity index (χ0) is 20.7. The minimum atomic E-state index is -0.701. The van der Waals surface area contributed by atoms with Gasteiger partial charge in [-0.3, -0.25) is 4.79 Å². The van der Waals surface area contributed by atoms with Crippen molar-refractivity contribution in [2.45, 2.75) is 20.3 Å². The van der Waals surface area contributed by atoms with E-state index in [4.69, 9.17) is 18.9 Å². The maximum Gasteiger partial charge on any atom is 0.342 e. The molecule has 2 aromatic carbocycles. The summed E-state index contributed by atoms with van der Waals surface area (Å²) in [5.41, 5.74) is 2.84. The van der Waals surface area contributed by atoms with Crippen LogP contribution in [0.4, 0.5) is 5.69 Å². The fraction of sp³-hybridized carbons (Fsp3) is 0.333. The largest absolute Gasteiger partial charge is 0.493 e. The van der Waals surface area contributed by atoms with Crippen LogP contribution < -0.4 is 19.5 Å². The van der Waals surface area contributed by atoms with Crippen molar-refractivity contribution in [3.63, 3.8) is 0 Å². The number of benzene rings is 2. The Bertz CT molecular complexity index is 862. The number of ether oxygens (including phenoxy) is 4. The number of para-hydroxylation sites is 1. The van der Waals surface area contributed by atoms with E-state index in [1.54, 1.807) is 6.07 Å². The lowest BCUT2D eigenvalue weighted by Crippen LogP contribution is -2.22. The highest BCUT2D eigenvalue weighted by Crippen LogP contribution is 2.39. The molecule has 0 aromatic heterocycles. The second-order valence-corrected chi connectivity index (χ2v) is 5.97. The van der Waals surface area contributed by atoms with E-state index in [0.717, 1.165) is 23.2 Å². The molecule has 28 heavy (non-hydrogen) atoms. The predicted octanol–water partition coefficient (Wildman–Crippen LogP) is 3.38. The Labute approximate surface area is 164 Å². The van der Waals surface area contributed by atoms with Crippen LogP contribution in [0.1, 0.15) is 28.4 Å². The number of esters is 1. The fourth-order valence-corrected chi connectivity index (χ4v) is 2.85. The van der Waals surface area contributed by atoms with E-state index < -0.39 is 18.5 Å². The second-order valence-electron chi connectivity index (χ2n) is 5.97. The molecule has 150 valence electrons. The molecule has 0 saturated carbocycles. The van der Waals surface area contributed by atoms with E-state index >= 15 is 0 Å². The quantitative estimate of drug-likeness (QED) is 0.699. The van der Waals surface area contributed by atoms with E-state index in [9.17, 15) is 9.59 Å². The summed E-state index contributed by atoms with van der Waals surface area (Å²) in [5, 5.41) is 2.81. The highest BCUT2D eigenvalue weighted by atomic mass is 16.5. The number of carbonyl (C=O) groups excluding carboxylic acids is 2. The smallest absolute Gasteiger partial charge is 0.342 e. The van der Waals surface area contributed by atoms with Crippen molar-refractivity contribution in [3.05, 3.63) is 47.0 Å². The van der Waals surface area contributed by atoms with Crippen LogP contribution in [0.15, 0.2) is 30.3 Å². The first kappa shape index (κ1) is 21.1. The highest BCUT2D eigenvalue weighted by Gasteiger charge is 2.22. The van der Waals surface area contributed by atoms with Crippen LogP contribution >= 0.6 is 0 Å². The molecule has 7 heteroatoms. The molecule has 0 aliphatic rings. The normalized spacial score (nSPS) is 10.2. The van der Waals surface area contributed by atoms with Gasteiger partial charge in [0, 0.05) is 5.69 Å². The fourth-order valence-electron chi connectivity index (χ4n) is 2.85. The number of carbonyl (C=O) groups is 2. The van der Waals surface area contributed by atoms with Crippen LogP contribution in [0.3, 0.4) is 0 Å². The number of methoxy groups -OCH3 is 3. The lowest BCUT2D eigenvalue weighted by Gasteiger charge is -2.15. The molecule has 0 fully saturated rings. The topological polar surface area (TPSA) is 83.1 Å². The Morgan fingerprint density at radius 1 is 0.964 bits per heavy atom. The zero-order valence-corrected chi connectivity index (χ0v) is 16.8. The molecular weight excluding hydrogens is 362 g/mol. The van der Waals surface area contributed by atoms with Gasteiger partial charge in [0.2, 0.25) is 5.75 Å². The summed E-state index contributed by atoms with van der Waals surface area (Å²) in [6, 6.07) is 8.86. The summed E-state index contributed by atoms with van der Waals surface area (Å²) >= 11 is 0. The molecule has 7 nitrogen and oxygen atoms in total. The summed E-state index contributed by atoms with van der Waals surface area (Å²) < 4.78 is 20.9. The van der Waals surface area contributed by atoms with Crippen LogP contribution in [-0.2, 0) is 16.0 Å². The molecule has 0 unspecified atom stereocenters. The molecule has 0 bridgehead atoms. The van der Waals surface area contributed by atoms with Gasteiger partial charge in [-0.25, -0.2) is 4.79 Å². The molecule has 0 radical (unpaired) electrons. The van der Waals surface area contributed by atoms with E-state index in [1.165, 1.54) is 27.4 Å². The van der Waals surface area contributed by atoms with Crippen LogP contribution in [0.2, 0.25) is 0 Å². The highest BCUT2D eigenvalue weighted by molar-refractivity contribution is 5.98. The lowest BCUT2D eigenvalue weighted by atomic mass is 10.1. The molecule has 1 amide bonds. The van der Waals surface area contributed by atoms with Gasteiger partial charge in [-0.15, -0.1) is 0 Å². The minimum absolute atomic E-state index is 0.137. The third kappa shape index (κ3) is 4.54. The molecule has 0 aliphatic heterocycles. The van der Waals surface area contributed by atoms with Gasteiger partial charge in [-0.2, -0.15) is 0 Å². The molecule has 1 N–H and O–H groups in total. The molecule has 0 heterocycles. The Morgan fingerprint density at radius 2 is 1.68 bits per heavy atom. The van der Waals surface area contributed by atoms with E-state index in [2.05, 4.69) is 5.32 Å². The minimum Gasteiger partial charge on any atom is -0.493 e. The number of nitrogens with one attached hydrogen (secondary N) is 1. The van der Waals surface area contributed by atoms with Crippen molar-refractivity contribution in [2.24, 2.45) is 0 Å². The van der Waals surface area contributed by atoms with Crippen molar-refractivity contribution in [2.75, 3.05) is 33.3 Å². The number of anilines is 1. The van der Waals surface area contributed by atoms with Gasteiger partial charge in [0.15, 0.2) is 18.1 Å². The summed E-state index contributed by atoms with van der Waals surface area (Å²) in [6.45, 7) is 3.50. The first-order valence-corrected chi connectivity index (χ1v) is 8.81. The molecule has 0 spiro atoms. The maximum atomic E-state index is 12.5. The molecule has 0 saturated heterocycles. The van der Waals surface area contributed by atoms with Crippen molar-refractivity contribution in [1.82, 2.24) is 0 Å². The van der Waals surface area contributed by atoms with Crippen molar-refractivity contribution >= 4 is 17.6 Å². The van der Waals surface area contributed by atoms with Gasteiger partial charge >= 0.3 is 5.97 Å². The van der Waals surface area contributed by atoms with Gasteiger partial charge in [-0.1, -0.05) is 25.1 Å². The monoisotopic (exact) mass is 387 g/mol. The molecule has 2 rings (SSSR count). The Kier molecular flexibility index (Phi) is 7.26. The zero-order valence-electron chi connectivity index (χ0n) is 16.8. The van der Waals surface area contributed by atoms with Crippen LogP contribution in [0.25, 0.3) is 0 Å². The number of rotatable bonds is 8. The second kappa shape index (κ2) is 9.64. The lowest BCUT2D eigenvalue weighted by molar-refractivity contribution is -0.119. The first-order chi connectivity index (χ1) is 13.5. The summed E-state index contributed by atoms with van der Waals surface area (Å²) in [4.78, 5) is 24.7. The number of hydrogen-bond acceptors (Lipinski definition) is 6. The average molecular weight is 387 g/mol. The Balaban J connectivity index is 2.11. The molecule has 2 aromatic rings. The van der Waals surface area contributed by atoms with Gasteiger partial charge in [0.05, 0.1) is 21.3 Å².